The minimum absolute atomic E-state index is 0.137. The number of halogens is 1. The number of carbonyl (C=O) groups excluding carboxylic acids is 1. The fourth-order valence-electron chi connectivity index (χ4n) is 3.91. The van der Waals surface area contributed by atoms with Crippen molar-refractivity contribution in [3.05, 3.63) is 34.3 Å². The van der Waals surface area contributed by atoms with Gasteiger partial charge in [-0.2, -0.15) is 0 Å². The number of piperidine rings is 1. The number of nitrogens with one attached hydrogen (secondary N) is 1. The van der Waals surface area contributed by atoms with Crippen molar-refractivity contribution in [3.63, 3.8) is 0 Å². The summed E-state index contributed by atoms with van der Waals surface area (Å²) in [7, 11) is 1.76. The molecule has 2 aliphatic rings. The van der Waals surface area contributed by atoms with Crippen molar-refractivity contribution in [3.8, 4) is 0 Å². The summed E-state index contributed by atoms with van der Waals surface area (Å²) >= 11 is 3.45. The molecule has 0 aromatic heterocycles. The molecular weight excluding hydrogens is 344 g/mol. The number of carbonyl (C=O) groups is 1. The molecule has 1 aromatic carbocycles. The second-order valence-electron chi connectivity index (χ2n) is 6.46. The first-order valence-electron chi connectivity index (χ1n) is 7.89. The average Bonchev–Trinajstić information content (AvgIpc) is 2.86. The highest BCUT2D eigenvalue weighted by molar-refractivity contribution is 9.10. The van der Waals surface area contributed by atoms with E-state index in [2.05, 4.69) is 21.2 Å². The second kappa shape index (κ2) is 6.69. The van der Waals surface area contributed by atoms with E-state index in [4.69, 9.17) is 4.74 Å². The SMILES string of the molecule is COCC1CN(C(=O)c2cccc(Br)c2)CC12CCNCC2. The number of likely N-dealkylation sites (tertiary alicyclic amines) is 1. The van der Waals surface area contributed by atoms with Gasteiger partial charge in [-0.15, -0.1) is 0 Å². The summed E-state index contributed by atoms with van der Waals surface area (Å²) in [6.07, 6.45) is 2.26. The quantitative estimate of drug-likeness (QED) is 0.893. The monoisotopic (exact) mass is 366 g/mol. The van der Waals surface area contributed by atoms with Crippen LogP contribution in [-0.4, -0.2) is 50.7 Å². The summed E-state index contributed by atoms with van der Waals surface area (Å²) in [6, 6.07) is 7.66. The lowest BCUT2D eigenvalue weighted by Crippen LogP contribution is -2.43. The minimum atomic E-state index is 0.137. The van der Waals surface area contributed by atoms with Gasteiger partial charge in [0, 0.05) is 36.2 Å². The van der Waals surface area contributed by atoms with Crippen LogP contribution in [0.1, 0.15) is 23.2 Å². The van der Waals surface area contributed by atoms with Crippen LogP contribution in [0.2, 0.25) is 0 Å². The zero-order valence-electron chi connectivity index (χ0n) is 13.0. The number of methoxy groups -OCH3 is 1. The number of rotatable bonds is 3. The van der Waals surface area contributed by atoms with Gasteiger partial charge in [0.15, 0.2) is 0 Å². The Labute approximate surface area is 140 Å². The smallest absolute Gasteiger partial charge is 0.253 e. The van der Waals surface area contributed by atoms with Crippen molar-refractivity contribution >= 4 is 21.8 Å². The van der Waals surface area contributed by atoms with Crippen LogP contribution in [0.5, 0.6) is 0 Å². The van der Waals surface area contributed by atoms with Crippen LogP contribution in [0.25, 0.3) is 0 Å². The van der Waals surface area contributed by atoms with Crippen molar-refractivity contribution in [1.82, 2.24) is 10.2 Å². The maximum absolute atomic E-state index is 12.8. The van der Waals surface area contributed by atoms with Crippen molar-refractivity contribution in [2.24, 2.45) is 11.3 Å². The van der Waals surface area contributed by atoms with Crippen LogP contribution in [0.15, 0.2) is 28.7 Å². The lowest BCUT2D eigenvalue weighted by atomic mass is 9.71. The summed E-state index contributed by atoms with van der Waals surface area (Å²) in [5.41, 5.74) is 0.986. The van der Waals surface area contributed by atoms with Crippen LogP contribution in [-0.2, 0) is 4.74 Å². The number of hydrogen-bond donors (Lipinski definition) is 1. The molecule has 3 rings (SSSR count). The Hall–Kier alpha value is -0.910. The fraction of sp³-hybridized carbons (Fsp3) is 0.588. The van der Waals surface area contributed by atoms with E-state index < -0.39 is 0 Å². The van der Waals surface area contributed by atoms with E-state index in [9.17, 15) is 4.79 Å². The Bertz CT molecular complexity index is 543. The van der Waals surface area contributed by atoms with Crippen molar-refractivity contribution in [2.75, 3.05) is 39.9 Å². The van der Waals surface area contributed by atoms with Gasteiger partial charge in [0.1, 0.15) is 0 Å². The summed E-state index contributed by atoms with van der Waals surface area (Å²) < 4.78 is 6.39. The lowest BCUT2D eigenvalue weighted by molar-refractivity contribution is 0.0701. The molecule has 5 heteroatoms. The molecule has 1 aromatic rings. The van der Waals surface area contributed by atoms with Gasteiger partial charge in [-0.1, -0.05) is 22.0 Å². The zero-order valence-corrected chi connectivity index (χ0v) is 14.6. The third-order valence-electron chi connectivity index (χ3n) is 5.14. The van der Waals surface area contributed by atoms with Crippen LogP contribution in [0.4, 0.5) is 0 Å². The molecule has 0 radical (unpaired) electrons. The molecule has 1 amide bonds. The van der Waals surface area contributed by atoms with E-state index in [1.54, 1.807) is 7.11 Å². The minimum Gasteiger partial charge on any atom is -0.384 e. The number of benzene rings is 1. The molecular formula is C17H23BrN2O2. The van der Waals surface area contributed by atoms with E-state index in [0.29, 0.717) is 5.92 Å². The number of nitrogens with zero attached hydrogens (tertiary/aromatic N) is 1. The Morgan fingerprint density at radius 1 is 1.45 bits per heavy atom. The summed E-state index contributed by atoms with van der Waals surface area (Å²) in [5, 5.41) is 3.43. The Kier molecular flexibility index (Phi) is 4.85. The van der Waals surface area contributed by atoms with Crippen LogP contribution < -0.4 is 5.32 Å². The zero-order chi connectivity index (χ0) is 15.6. The predicted molar refractivity (Wildman–Crippen MR) is 89.9 cm³/mol. The maximum atomic E-state index is 12.8. The van der Waals surface area contributed by atoms with Crippen molar-refractivity contribution in [1.29, 1.82) is 0 Å². The van der Waals surface area contributed by atoms with E-state index in [1.165, 1.54) is 0 Å². The normalized spacial score (nSPS) is 23.9. The number of ether oxygens (including phenoxy) is 1. The summed E-state index contributed by atoms with van der Waals surface area (Å²) in [6.45, 7) is 4.48. The molecule has 4 nitrogen and oxygen atoms in total. The molecule has 0 bridgehead atoms. The highest BCUT2D eigenvalue weighted by Crippen LogP contribution is 2.43. The largest absolute Gasteiger partial charge is 0.384 e. The molecule has 0 aliphatic carbocycles. The molecule has 1 spiro atoms. The molecule has 2 aliphatic heterocycles. The number of hydrogen-bond acceptors (Lipinski definition) is 3. The number of amides is 1. The molecule has 120 valence electrons. The first-order chi connectivity index (χ1) is 10.6. The van der Waals surface area contributed by atoms with Gasteiger partial charge >= 0.3 is 0 Å². The lowest BCUT2D eigenvalue weighted by Gasteiger charge is -2.38. The van der Waals surface area contributed by atoms with E-state index in [1.807, 2.05) is 29.2 Å². The van der Waals surface area contributed by atoms with Gasteiger partial charge in [-0.25, -0.2) is 0 Å². The molecule has 1 atom stereocenters. The van der Waals surface area contributed by atoms with Gasteiger partial charge in [-0.3, -0.25) is 4.79 Å². The highest BCUT2D eigenvalue weighted by atomic mass is 79.9. The maximum Gasteiger partial charge on any atom is 0.253 e. The second-order valence-corrected chi connectivity index (χ2v) is 7.38. The average molecular weight is 367 g/mol. The molecule has 0 saturated carbocycles. The highest BCUT2D eigenvalue weighted by Gasteiger charge is 2.48. The predicted octanol–water partition coefficient (Wildman–Crippen LogP) is 2.54. The third kappa shape index (κ3) is 3.07. The molecule has 2 heterocycles. The topological polar surface area (TPSA) is 41.6 Å². The van der Waals surface area contributed by atoms with Crippen molar-refractivity contribution < 1.29 is 9.53 Å². The first kappa shape index (κ1) is 16.0. The standard InChI is InChI=1S/C17H23BrN2O2/c1-22-11-14-10-20(12-17(14)5-7-19-8-6-17)16(21)13-3-2-4-15(18)9-13/h2-4,9,14,19H,5-8,10-12H2,1H3. The third-order valence-corrected chi connectivity index (χ3v) is 5.63. The van der Waals surface area contributed by atoms with Crippen molar-refractivity contribution in [2.45, 2.75) is 12.8 Å². The Morgan fingerprint density at radius 3 is 2.91 bits per heavy atom. The van der Waals surface area contributed by atoms with Gasteiger partial charge in [0.2, 0.25) is 0 Å². The van der Waals surface area contributed by atoms with E-state index in [-0.39, 0.29) is 11.3 Å². The summed E-state index contributed by atoms with van der Waals surface area (Å²) in [4.78, 5) is 14.8. The van der Waals surface area contributed by atoms with Gasteiger partial charge in [-0.05, 0) is 49.5 Å². The van der Waals surface area contributed by atoms with Crippen LogP contribution in [0.3, 0.4) is 0 Å². The van der Waals surface area contributed by atoms with Gasteiger partial charge in [0.25, 0.3) is 5.91 Å². The van der Waals surface area contributed by atoms with Crippen LogP contribution in [0, 0.1) is 11.3 Å². The fourth-order valence-corrected chi connectivity index (χ4v) is 4.31. The van der Waals surface area contributed by atoms with E-state index in [0.717, 1.165) is 55.7 Å². The Balaban J connectivity index is 1.79. The first-order valence-corrected chi connectivity index (χ1v) is 8.68. The molecule has 2 fully saturated rings. The van der Waals surface area contributed by atoms with E-state index >= 15 is 0 Å². The summed E-state index contributed by atoms with van der Waals surface area (Å²) in [5.74, 6) is 0.577. The molecule has 1 unspecified atom stereocenters. The molecule has 2 saturated heterocycles. The Morgan fingerprint density at radius 2 is 2.23 bits per heavy atom. The molecule has 1 N–H and O–H groups in total. The van der Waals surface area contributed by atoms with Gasteiger partial charge in [0.05, 0.1) is 6.61 Å². The van der Waals surface area contributed by atoms with Gasteiger partial charge < -0.3 is 15.0 Å². The van der Waals surface area contributed by atoms with Crippen LogP contribution >= 0.6 is 15.9 Å². The molecule has 22 heavy (non-hydrogen) atoms.